The van der Waals surface area contributed by atoms with E-state index in [1.807, 2.05) is 0 Å². The largest absolute Gasteiger partial charge is 0.447 e. The summed E-state index contributed by atoms with van der Waals surface area (Å²) in [5.74, 6) is -3.40. The lowest BCUT2D eigenvalue weighted by molar-refractivity contribution is 0.142. The maximum absolute atomic E-state index is 14.2. The third-order valence-electron chi connectivity index (χ3n) is 4.21. The minimum absolute atomic E-state index is 0.0342. The molecule has 0 spiro atoms. The number of hydrogen-bond donors (Lipinski definition) is 2. The van der Waals surface area contributed by atoms with Gasteiger partial charge in [-0.1, -0.05) is 12.1 Å². The Morgan fingerprint density at radius 2 is 2.04 bits per heavy atom. The van der Waals surface area contributed by atoms with Gasteiger partial charge in [-0.15, -0.1) is 0 Å². The van der Waals surface area contributed by atoms with E-state index in [0.717, 1.165) is 17.2 Å². The van der Waals surface area contributed by atoms with E-state index in [0.29, 0.717) is 0 Å². The number of nitrogens with zero attached hydrogens (tertiary/aromatic N) is 3. The van der Waals surface area contributed by atoms with Gasteiger partial charge in [-0.3, -0.25) is 0 Å². The van der Waals surface area contributed by atoms with E-state index in [4.69, 9.17) is 4.74 Å². The van der Waals surface area contributed by atoms with Gasteiger partial charge in [0.25, 0.3) is 0 Å². The summed E-state index contributed by atoms with van der Waals surface area (Å²) in [7, 11) is 0. The Morgan fingerprint density at radius 3 is 2.74 bits per heavy atom. The number of rotatable bonds is 5. The van der Waals surface area contributed by atoms with Crippen molar-refractivity contribution in [3.05, 3.63) is 47.4 Å². The molecule has 1 aromatic carbocycles. The smallest absolute Gasteiger partial charge is 0.416 e. The van der Waals surface area contributed by atoms with Crippen LogP contribution in [0.4, 0.5) is 29.7 Å². The lowest BCUT2D eigenvalue weighted by Crippen LogP contribution is -2.42. The van der Waals surface area contributed by atoms with Crippen molar-refractivity contribution in [2.75, 3.05) is 16.8 Å². The molecule has 0 saturated carbocycles. The molecule has 3 atom stereocenters. The third-order valence-corrected chi connectivity index (χ3v) is 4.21. The molecule has 1 saturated heterocycles. The van der Waals surface area contributed by atoms with Gasteiger partial charge in [-0.25, -0.2) is 27.8 Å². The molecule has 1 aliphatic heterocycles. The number of benzene rings is 1. The van der Waals surface area contributed by atoms with Crippen molar-refractivity contribution in [2.45, 2.75) is 32.0 Å². The molecule has 7 nitrogen and oxygen atoms in total. The first kappa shape index (κ1) is 18.9. The van der Waals surface area contributed by atoms with Crippen LogP contribution in [0.2, 0.25) is 0 Å². The zero-order valence-electron chi connectivity index (χ0n) is 14.5. The summed E-state index contributed by atoms with van der Waals surface area (Å²) in [5, 5.41) is 12.5. The standard InChI is InChI=1S/C17H17F3N4O3/c1-8(10-4-3-5-11(18)14(10)20)22-16-21-6-12(19)15(23-16)24-13(9(2)25)7-27-17(24)26/h3-6,8-9,13,25H,7H2,1-2H3,(H,21,22,23)/t8-,9+,13?/m0/s1. The van der Waals surface area contributed by atoms with Crippen LogP contribution in [0.5, 0.6) is 0 Å². The Labute approximate surface area is 152 Å². The van der Waals surface area contributed by atoms with Crippen LogP contribution in [-0.2, 0) is 4.74 Å². The summed E-state index contributed by atoms with van der Waals surface area (Å²) < 4.78 is 46.4. The highest BCUT2D eigenvalue weighted by atomic mass is 19.2. The molecule has 2 aromatic rings. The summed E-state index contributed by atoms with van der Waals surface area (Å²) in [6.07, 6.45) is -1.000. The van der Waals surface area contributed by atoms with Crippen molar-refractivity contribution in [3.8, 4) is 0 Å². The third kappa shape index (κ3) is 3.65. The van der Waals surface area contributed by atoms with Crippen LogP contribution in [-0.4, -0.2) is 39.9 Å². The molecule has 10 heteroatoms. The van der Waals surface area contributed by atoms with Crippen molar-refractivity contribution < 1.29 is 27.8 Å². The van der Waals surface area contributed by atoms with Gasteiger partial charge in [0.15, 0.2) is 23.3 Å². The van der Waals surface area contributed by atoms with E-state index >= 15 is 0 Å². The number of carbonyl (C=O) groups excluding carboxylic acids is 1. The maximum atomic E-state index is 14.2. The first-order chi connectivity index (χ1) is 12.8. The molecule has 0 bridgehead atoms. The first-order valence-corrected chi connectivity index (χ1v) is 8.16. The molecule has 3 rings (SSSR count). The van der Waals surface area contributed by atoms with Crippen molar-refractivity contribution in [3.63, 3.8) is 0 Å². The molecule has 1 aliphatic rings. The monoisotopic (exact) mass is 382 g/mol. The fourth-order valence-electron chi connectivity index (χ4n) is 2.76. The van der Waals surface area contributed by atoms with Crippen molar-refractivity contribution >= 4 is 17.9 Å². The number of halogens is 3. The van der Waals surface area contributed by atoms with Crippen molar-refractivity contribution in [2.24, 2.45) is 0 Å². The number of nitrogens with one attached hydrogen (secondary N) is 1. The lowest BCUT2D eigenvalue weighted by Gasteiger charge is -2.23. The van der Waals surface area contributed by atoms with Crippen LogP contribution in [0.15, 0.2) is 24.4 Å². The average Bonchev–Trinajstić information content (AvgIpc) is 3.00. The topological polar surface area (TPSA) is 87.6 Å². The summed E-state index contributed by atoms with van der Waals surface area (Å²) >= 11 is 0. The van der Waals surface area contributed by atoms with Gasteiger partial charge >= 0.3 is 6.09 Å². The second-order valence-corrected chi connectivity index (χ2v) is 6.13. The number of aliphatic hydroxyl groups excluding tert-OH is 1. The van der Waals surface area contributed by atoms with Crippen LogP contribution in [0, 0.1) is 17.5 Å². The fourth-order valence-corrected chi connectivity index (χ4v) is 2.76. The van der Waals surface area contributed by atoms with Gasteiger partial charge in [-0.05, 0) is 19.9 Å². The molecule has 2 N–H and O–H groups in total. The molecule has 1 aromatic heterocycles. The van der Waals surface area contributed by atoms with Gasteiger partial charge < -0.3 is 15.2 Å². The number of anilines is 2. The van der Waals surface area contributed by atoms with E-state index in [9.17, 15) is 23.1 Å². The summed E-state index contributed by atoms with van der Waals surface area (Å²) in [4.78, 5) is 20.6. The highest BCUT2D eigenvalue weighted by Crippen LogP contribution is 2.28. The van der Waals surface area contributed by atoms with Crippen LogP contribution in [0.3, 0.4) is 0 Å². The van der Waals surface area contributed by atoms with Gasteiger partial charge in [0.1, 0.15) is 12.6 Å². The average molecular weight is 382 g/mol. The number of ether oxygens (including phenoxy) is 1. The molecule has 1 amide bonds. The van der Waals surface area contributed by atoms with Crippen LogP contribution in [0.1, 0.15) is 25.5 Å². The predicted octanol–water partition coefficient (Wildman–Crippen LogP) is 2.77. The molecule has 27 heavy (non-hydrogen) atoms. The summed E-state index contributed by atoms with van der Waals surface area (Å²) in [6, 6.07) is 2.19. The normalized spacial score (nSPS) is 19.0. The molecular formula is C17H17F3N4O3. The van der Waals surface area contributed by atoms with E-state index in [2.05, 4.69) is 15.3 Å². The number of amides is 1. The molecular weight excluding hydrogens is 365 g/mol. The van der Waals surface area contributed by atoms with E-state index in [1.165, 1.54) is 19.1 Å². The second-order valence-electron chi connectivity index (χ2n) is 6.13. The van der Waals surface area contributed by atoms with Gasteiger partial charge in [0.05, 0.1) is 18.3 Å². The van der Waals surface area contributed by atoms with Crippen molar-refractivity contribution in [1.29, 1.82) is 0 Å². The minimum atomic E-state index is -1.02. The van der Waals surface area contributed by atoms with E-state index in [-0.39, 0.29) is 23.9 Å². The molecule has 1 fully saturated rings. The summed E-state index contributed by atoms with van der Waals surface area (Å²) in [6.45, 7) is 2.87. The van der Waals surface area contributed by atoms with E-state index in [1.54, 1.807) is 6.92 Å². The van der Waals surface area contributed by atoms with E-state index < -0.39 is 41.7 Å². The zero-order chi connectivity index (χ0) is 19.7. The number of cyclic esters (lactones) is 1. The number of aliphatic hydroxyl groups is 1. The molecule has 0 aliphatic carbocycles. The van der Waals surface area contributed by atoms with Crippen molar-refractivity contribution in [1.82, 2.24) is 9.97 Å². The lowest BCUT2D eigenvalue weighted by atomic mass is 10.1. The second kappa shape index (κ2) is 7.39. The Bertz CT molecular complexity index is 865. The van der Waals surface area contributed by atoms with Gasteiger partial charge in [-0.2, -0.15) is 4.98 Å². The molecule has 2 heterocycles. The molecule has 0 radical (unpaired) electrons. The summed E-state index contributed by atoms with van der Waals surface area (Å²) in [5.41, 5.74) is 0.0342. The highest BCUT2D eigenvalue weighted by molar-refractivity contribution is 5.89. The number of carbonyl (C=O) groups is 1. The number of aromatic nitrogens is 2. The highest BCUT2D eigenvalue weighted by Gasteiger charge is 2.39. The first-order valence-electron chi connectivity index (χ1n) is 8.16. The zero-order valence-corrected chi connectivity index (χ0v) is 14.5. The molecule has 1 unspecified atom stereocenters. The molecule has 144 valence electrons. The predicted molar refractivity (Wildman–Crippen MR) is 89.7 cm³/mol. The van der Waals surface area contributed by atoms with Gasteiger partial charge in [0.2, 0.25) is 5.95 Å². The van der Waals surface area contributed by atoms with Crippen LogP contribution in [0.25, 0.3) is 0 Å². The Morgan fingerprint density at radius 1 is 1.30 bits per heavy atom. The fraction of sp³-hybridized carbons (Fsp3) is 0.353. The number of hydrogen-bond acceptors (Lipinski definition) is 6. The Kier molecular flexibility index (Phi) is 5.17. The van der Waals surface area contributed by atoms with Crippen LogP contribution < -0.4 is 10.2 Å². The SMILES string of the molecule is C[C@H](Nc1ncc(F)c(N2C(=O)OCC2[C@@H](C)O)n1)c1cccc(F)c1F. The Balaban J connectivity index is 1.89. The quantitative estimate of drug-likeness (QED) is 0.827. The Hall–Kier alpha value is -2.88. The van der Waals surface area contributed by atoms with Crippen LogP contribution >= 0.6 is 0 Å². The van der Waals surface area contributed by atoms with Gasteiger partial charge in [0, 0.05) is 5.56 Å². The minimum Gasteiger partial charge on any atom is -0.447 e. The maximum Gasteiger partial charge on any atom is 0.416 e.